The first-order chi connectivity index (χ1) is 0. The monoisotopic (exact) mass is 762 g/mol. The van der Waals surface area contributed by atoms with Crippen molar-refractivity contribution in [1.82, 2.24) is 0 Å². The van der Waals surface area contributed by atoms with Crippen molar-refractivity contribution in [2.45, 2.75) is 0 Å². The van der Waals surface area contributed by atoms with Crippen LogP contribution in [-0.2, 0) is 63.2 Å². The number of hydrogen-bond donors (Lipinski definition) is 0. The second-order valence-electron chi connectivity index (χ2n) is 0. The minimum atomic E-state index is 0. The first kappa shape index (κ1) is 123. The molecule has 0 atom stereocenters. The summed E-state index contributed by atoms with van der Waals surface area (Å²) in [5, 5.41) is 0. The van der Waals surface area contributed by atoms with Gasteiger partial charge in [-0.2, -0.15) is 0 Å². The summed E-state index contributed by atoms with van der Waals surface area (Å²) in [6.45, 7) is 0. The van der Waals surface area contributed by atoms with Crippen molar-refractivity contribution in [1.29, 1.82) is 0 Å². The smallest absolute Gasteiger partial charge is 1.00 e. The Morgan fingerprint density at radius 1 is 0.222 bits per heavy atom. The fourth-order valence-electron chi connectivity index (χ4n) is 0. The van der Waals surface area contributed by atoms with E-state index in [1.54, 1.807) is 0 Å². The molecule has 0 heterocycles. The van der Waals surface area contributed by atoms with Crippen LogP contribution in [0.4, 0.5) is 0 Å². The van der Waals surface area contributed by atoms with Crippen LogP contribution in [0.1, 0.15) is 0 Å². The second-order valence-corrected chi connectivity index (χ2v) is 0. The van der Waals surface area contributed by atoms with Crippen LogP contribution in [0, 0.1) is 0 Å². The van der Waals surface area contributed by atoms with E-state index in [4.69, 9.17) is 0 Å². The molecule has 0 aliphatic rings. The molecule has 0 saturated heterocycles. The van der Waals surface area contributed by atoms with Crippen molar-refractivity contribution < 1.29 is 138 Å². The van der Waals surface area contributed by atoms with Crippen LogP contribution >= 0.6 is 0 Å². The van der Waals surface area contributed by atoms with Crippen molar-refractivity contribution in [3.8, 4) is 0 Å². The van der Waals surface area contributed by atoms with Gasteiger partial charge in [-0.05, 0) is 0 Å². The van der Waals surface area contributed by atoms with Gasteiger partial charge in [-0.1, -0.05) is 0 Å². The number of hydrogen-bond acceptors (Lipinski definition) is 0. The van der Waals surface area contributed by atoms with Gasteiger partial charge in [-0.25, -0.2) is 0 Å². The predicted octanol–water partition coefficient (Wildman–Crippen LogP) is -18.0. The first-order valence-corrected chi connectivity index (χ1v) is 0. The van der Waals surface area contributed by atoms with Crippen molar-refractivity contribution in [2.75, 3.05) is 0 Å². The summed E-state index contributed by atoms with van der Waals surface area (Å²) < 4.78 is 0. The van der Waals surface area contributed by atoms with Gasteiger partial charge in [-0.3, -0.25) is 0 Å². The summed E-state index contributed by atoms with van der Waals surface area (Å²) in [6, 6.07) is 0. The molecule has 0 N–H and O–H groups in total. The summed E-state index contributed by atoms with van der Waals surface area (Å²) in [7, 11) is 0. The van der Waals surface area contributed by atoms with Crippen LogP contribution in [0.15, 0.2) is 0 Å². The van der Waals surface area contributed by atoms with E-state index < -0.39 is 0 Å². The fourth-order valence-corrected chi connectivity index (χ4v) is 0. The average molecular weight is 764 g/mol. The number of rotatable bonds is 0. The van der Waals surface area contributed by atoms with E-state index >= 15 is 0 Å². The molecule has 60 valence electrons. The van der Waals surface area contributed by atoms with Gasteiger partial charge in [0.15, 0.2) is 0 Å². The SMILES string of the molecule is [Cl-].[Cl-].[Cl-].[Cl-].[Cl-].[Cl-].[W+2].[W+2].[W+2]. The largest absolute Gasteiger partial charge is 2.00 e. The Balaban J connectivity index is 0. The Bertz CT molecular complexity index is 8.26. The molecule has 0 unspecified atom stereocenters. The average Bonchev–Trinajstić information content (AvgIpc) is 0. The molecule has 0 radical (unpaired) electrons. The van der Waals surface area contributed by atoms with Gasteiger partial charge in [0.05, 0.1) is 0 Å². The third-order valence-corrected chi connectivity index (χ3v) is 0. The minimum Gasteiger partial charge on any atom is -1.00 e. The molecule has 0 rings (SSSR count). The Morgan fingerprint density at radius 3 is 0.222 bits per heavy atom. The van der Waals surface area contributed by atoms with Crippen molar-refractivity contribution >= 4 is 0 Å². The van der Waals surface area contributed by atoms with Crippen LogP contribution < -0.4 is 74.4 Å². The Labute approximate surface area is 135 Å². The van der Waals surface area contributed by atoms with E-state index in [1.807, 2.05) is 0 Å². The summed E-state index contributed by atoms with van der Waals surface area (Å²) in [6.07, 6.45) is 0. The van der Waals surface area contributed by atoms with Crippen molar-refractivity contribution in [3.05, 3.63) is 0 Å². The summed E-state index contributed by atoms with van der Waals surface area (Å²) in [4.78, 5) is 0. The van der Waals surface area contributed by atoms with Crippen LogP contribution in [0.5, 0.6) is 0 Å². The van der Waals surface area contributed by atoms with Gasteiger partial charge in [0.2, 0.25) is 0 Å². The molecule has 0 aliphatic carbocycles. The quantitative estimate of drug-likeness (QED) is 0.230. The molecule has 0 spiro atoms. The van der Waals surface area contributed by atoms with E-state index in [1.165, 1.54) is 0 Å². The maximum atomic E-state index is 0. The topological polar surface area (TPSA) is 0 Å². The zero-order chi connectivity index (χ0) is 0. The van der Waals surface area contributed by atoms with Gasteiger partial charge in [0.25, 0.3) is 0 Å². The maximum Gasteiger partial charge on any atom is 2.00 e. The van der Waals surface area contributed by atoms with E-state index in [-0.39, 0.29) is 138 Å². The molecule has 9 heavy (non-hydrogen) atoms. The van der Waals surface area contributed by atoms with Gasteiger partial charge in [0.1, 0.15) is 0 Å². The zero-order valence-electron chi connectivity index (χ0n) is 3.49. The van der Waals surface area contributed by atoms with E-state index in [0.29, 0.717) is 0 Å². The van der Waals surface area contributed by atoms with Crippen LogP contribution in [-0.4, -0.2) is 0 Å². The molecule has 0 aromatic rings. The molecule has 0 fully saturated rings. The third kappa shape index (κ3) is 78.4. The van der Waals surface area contributed by atoms with Gasteiger partial charge in [-0.15, -0.1) is 0 Å². The normalized spacial score (nSPS) is 0. The molecule has 0 nitrogen and oxygen atoms in total. The molecule has 0 amide bonds. The summed E-state index contributed by atoms with van der Waals surface area (Å²) in [5.41, 5.74) is 0. The summed E-state index contributed by atoms with van der Waals surface area (Å²) >= 11 is 0. The molecular formula is Cl6W3. The Morgan fingerprint density at radius 2 is 0.222 bits per heavy atom. The van der Waals surface area contributed by atoms with Crippen LogP contribution in [0.25, 0.3) is 0 Å². The van der Waals surface area contributed by atoms with E-state index in [2.05, 4.69) is 0 Å². The molecule has 9 heteroatoms. The Kier molecular flexibility index (Phi) is 1300. The van der Waals surface area contributed by atoms with Gasteiger partial charge >= 0.3 is 63.2 Å². The maximum absolute atomic E-state index is 0. The van der Waals surface area contributed by atoms with E-state index in [9.17, 15) is 0 Å². The molecular weight excluding hydrogens is 764 g/mol. The first-order valence-electron chi connectivity index (χ1n) is 0. The molecule has 0 saturated carbocycles. The second kappa shape index (κ2) is 95.2. The van der Waals surface area contributed by atoms with Gasteiger partial charge in [0, 0.05) is 0 Å². The fraction of sp³-hybridized carbons (Fsp3) is 0. The van der Waals surface area contributed by atoms with Crippen LogP contribution in [0.2, 0.25) is 0 Å². The predicted molar refractivity (Wildman–Crippen MR) is 0 cm³/mol. The van der Waals surface area contributed by atoms with Crippen molar-refractivity contribution in [2.24, 2.45) is 0 Å². The standard InChI is InChI=1S/6ClH.3W/h6*1H;;;/q;;;;;;3*+2/p-6. The zero-order valence-corrected chi connectivity index (χ0v) is 16.8. The number of halogens is 6. The molecule has 0 aliphatic heterocycles. The molecule has 0 bridgehead atoms. The third-order valence-electron chi connectivity index (χ3n) is 0. The van der Waals surface area contributed by atoms with Crippen molar-refractivity contribution in [3.63, 3.8) is 0 Å². The molecule has 0 aromatic carbocycles. The molecule has 0 aromatic heterocycles. The van der Waals surface area contributed by atoms with Crippen LogP contribution in [0.3, 0.4) is 0 Å². The Hall–Kier alpha value is 3.80. The minimum absolute atomic E-state index is 0. The van der Waals surface area contributed by atoms with Gasteiger partial charge < -0.3 is 74.4 Å². The summed E-state index contributed by atoms with van der Waals surface area (Å²) in [5.74, 6) is 0. The van der Waals surface area contributed by atoms with E-state index in [0.717, 1.165) is 0 Å².